The van der Waals surface area contributed by atoms with Crippen molar-refractivity contribution in [2.24, 2.45) is 5.41 Å². The SMILES string of the molecule is CCO[C@H](CN1CCC2(CC1)CCN(C1=C(C)C(=O)OC1)C2=O)c1ccc2c(c1C)COC2=O. The highest BCUT2D eigenvalue weighted by Crippen LogP contribution is 2.44. The molecule has 8 heteroatoms. The van der Waals surface area contributed by atoms with Gasteiger partial charge in [-0.25, -0.2) is 9.59 Å². The van der Waals surface area contributed by atoms with Gasteiger partial charge in [-0.05, 0) is 70.3 Å². The molecule has 1 atom stereocenters. The summed E-state index contributed by atoms with van der Waals surface area (Å²) in [5.74, 6) is -0.438. The second-order valence-electron chi connectivity index (χ2n) is 9.76. The van der Waals surface area contributed by atoms with Gasteiger partial charge in [-0.3, -0.25) is 4.79 Å². The number of ether oxygens (including phenoxy) is 3. The van der Waals surface area contributed by atoms with E-state index in [4.69, 9.17) is 14.2 Å². The predicted octanol–water partition coefficient (Wildman–Crippen LogP) is 2.89. The van der Waals surface area contributed by atoms with Crippen molar-refractivity contribution in [2.45, 2.75) is 52.7 Å². The molecule has 0 N–H and O–H groups in total. The lowest BCUT2D eigenvalue weighted by Gasteiger charge is -2.39. The maximum absolute atomic E-state index is 13.4. The molecule has 1 aromatic carbocycles. The van der Waals surface area contributed by atoms with Crippen LogP contribution in [0.1, 0.15) is 66.3 Å². The number of esters is 2. The van der Waals surface area contributed by atoms with Crippen LogP contribution >= 0.6 is 0 Å². The first-order chi connectivity index (χ1) is 16.3. The van der Waals surface area contributed by atoms with Crippen LogP contribution in [0.15, 0.2) is 23.4 Å². The normalized spacial score (nSPS) is 23.0. The molecule has 4 aliphatic heterocycles. The average molecular weight is 469 g/mol. The molecule has 4 heterocycles. The lowest BCUT2D eigenvalue weighted by molar-refractivity contribution is -0.138. The zero-order valence-corrected chi connectivity index (χ0v) is 20.1. The Morgan fingerprint density at radius 2 is 1.71 bits per heavy atom. The summed E-state index contributed by atoms with van der Waals surface area (Å²) >= 11 is 0. The molecule has 0 aliphatic carbocycles. The molecule has 1 aromatic rings. The average Bonchev–Trinajstić information content (AvgIpc) is 3.47. The van der Waals surface area contributed by atoms with Crippen molar-refractivity contribution in [2.75, 3.05) is 39.4 Å². The summed E-state index contributed by atoms with van der Waals surface area (Å²) in [6, 6.07) is 3.84. The summed E-state index contributed by atoms with van der Waals surface area (Å²) in [6.45, 7) is 9.92. The Kier molecular flexibility index (Phi) is 5.98. The van der Waals surface area contributed by atoms with E-state index in [9.17, 15) is 14.4 Å². The Morgan fingerprint density at radius 1 is 1.00 bits per heavy atom. The highest BCUT2D eigenvalue weighted by atomic mass is 16.5. The fraction of sp³-hybridized carbons (Fsp3) is 0.577. The van der Waals surface area contributed by atoms with Gasteiger partial charge in [0.25, 0.3) is 0 Å². The van der Waals surface area contributed by atoms with Crippen LogP contribution in [0, 0.1) is 12.3 Å². The first-order valence-corrected chi connectivity index (χ1v) is 12.2. The first-order valence-electron chi connectivity index (χ1n) is 12.2. The summed E-state index contributed by atoms with van der Waals surface area (Å²) in [6.07, 6.45) is 2.31. The van der Waals surface area contributed by atoms with E-state index >= 15 is 0 Å². The molecule has 1 spiro atoms. The fourth-order valence-electron chi connectivity index (χ4n) is 5.85. The number of fused-ring (bicyclic) bond motifs is 1. The van der Waals surface area contributed by atoms with E-state index in [0.29, 0.717) is 30.9 Å². The second-order valence-corrected chi connectivity index (χ2v) is 9.76. The topological polar surface area (TPSA) is 85.4 Å². The number of benzene rings is 1. The highest BCUT2D eigenvalue weighted by molar-refractivity contribution is 5.94. The van der Waals surface area contributed by atoms with Crippen molar-refractivity contribution in [3.8, 4) is 0 Å². The van der Waals surface area contributed by atoms with E-state index in [1.54, 1.807) is 11.8 Å². The zero-order valence-electron chi connectivity index (χ0n) is 20.1. The molecule has 0 unspecified atom stereocenters. The largest absolute Gasteiger partial charge is 0.457 e. The lowest BCUT2D eigenvalue weighted by Crippen LogP contribution is -2.45. The number of carbonyl (C=O) groups excluding carboxylic acids is 3. The number of carbonyl (C=O) groups is 3. The highest BCUT2D eigenvalue weighted by Gasteiger charge is 2.50. The van der Waals surface area contributed by atoms with E-state index in [1.807, 2.05) is 26.0 Å². The van der Waals surface area contributed by atoms with Gasteiger partial charge in [0.1, 0.15) is 13.2 Å². The summed E-state index contributed by atoms with van der Waals surface area (Å²) in [7, 11) is 0. The van der Waals surface area contributed by atoms with Crippen LogP contribution in [0.2, 0.25) is 0 Å². The number of cyclic esters (lactones) is 2. The molecule has 4 aliphatic rings. The molecular formula is C26H32N2O6. The lowest BCUT2D eigenvalue weighted by atomic mass is 9.77. The molecule has 5 rings (SSSR count). The van der Waals surface area contributed by atoms with Gasteiger partial charge >= 0.3 is 11.9 Å². The van der Waals surface area contributed by atoms with Crippen molar-refractivity contribution in [1.82, 2.24) is 9.80 Å². The van der Waals surface area contributed by atoms with Gasteiger partial charge in [-0.2, -0.15) is 0 Å². The minimum Gasteiger partial charge on any atom is -0.457 e. The van der Waals surface area contributed by atoms with Crippen LogP contribution in [0.25, 0.3) is 0 Å². The van der Waals surface area contributed by atoms with Gasteiger partial charge < -0.3 is 24.0 Å². The molecule has 34 heavy (non-hydrogen) atoms. The molecule has 2 saturated heterocycles. The van der Waals surface area contributed by atoms with Gasteiger partial charge in [-0.1, -0.05) is 6.07 Å². The third kappa shape index (κ3) is 3.73. The third-order valence-corrected chi connectivity index (χ3v) is 8.08. The monoisotopic (exact) mass is 468 g/mol. The van der Waals surface area contributed by atoms with E-state index in [1.165, 1.54) is 0 Å². The van der Waals surface area contributed by atoms with Crippen LogP contribution < -0.4 is 0 Å². The summed E-state index contributed by atoms with van der Waals surface area (Å²) in [5.41, 5.74) is 4.71. The molecule has 8 nitrogen and oxygen atoms in total. The standard InChI is InChI=1S/C26H32N2O6/c1-4-32-22(18-5-6-19-20(16(18)2)14-33-24(19)30)13-27-10-7-26(8-11-27)9-12-28(25(26)31)21-15-34-23(29)17(21)3/h5-6,22H,4,7-15H2,1-3H3/t22-/m1/s1. The van der Waals surface area contributed by atoms with Gasteiger partial charge in [0.2, 0.25) is 5.91 Å². The third-order valence-electron chi connectivity index (χ3n) is 8.08. The van der Waals surface area contributed by atoms with Gasteiger partial charge in [0, 0.05) is 25.3 Å². The van der Waals surface area contributed by atoms with E-state index in [2.05, 4.69) is 4.90 Å². The van der Waals surface area contributed by atoms with Crippen molar-refractivity contribution < 1.29 is 28.6 Å². The minimum atomic E-state index is -0.349. The summed E-state index contributed by atoms with van der Waals surface area (Å²) < 4.78 is 16.5. The zero-order chi connectivity index (χ0) is 24.0. The van der Waals surface area contributed by atoms with Crippen LogP contribution in [-0.4, -0.2) is 67.0 Å². The molecule has 0 radical (unpaired) electrons. The Bertz CT molecular complexity index is 1070. The Hall–Kier alpha value is -2.71. The van der Waals surface area contributed by atoms with Crippen molar-refractivity contribution >= 4 is 17.8 Å². The number of hydrogen-bond acceptors (Lipinski definition) is 7. The number of likely N-dealkylation sites (tertiary alicyclic amines) is 2. The van der Waals surface area contributed by atoms with Crippen LogP contribution in [0.5, 0.6) is 0 Å². The van der Waals surface area contributed by atoms with Crippen LogP contribution in [-0.2, 0) is 30.4 Å². The Morgan fingerprint density at radius 3 is 2.38 bits per heavy atom. The smallest absolute Gasteiger partial charge is 0.338 e. The van der Waals surface area contributed by atoms with Crippen molar-refractivity contribution in [3.63, 3.8) is 0 Å². The molecule has 0 saturated carbocycles. The van der Waals surface area contributed by atoms with Gasteiger partial charge in [0.05, 0.1) is 28.4 Å². The molecule has 182 valence electrons. The number of nitrogens with zero attached hydrogens (tertiary/aromatic N) is 2. The number of piperidine rings is 1. The van der Waals surface area contributed by atoms with Gasteiger partial charge in [0.15, 0.2) is 0 Å². The minimum absolute atomic E-state index is 0.106. The molecule has 1 amide bonds. The van der Waals surface area contributed by atoms with Crippen molar-refractivity contribution in [3.05, 3.63) is 45.7 Å². The first kappa shape index (κ1) is 23.1. The number of amides is 1. The summed E-state index contributed by atoms with van der Waals surface area (Å²) in [4.78, 5) is 41.2. The van der Waals surface area contributed by atoms with Crippen LogP contribution in [0.4, 0.5) is 0 Å². The molecule has 2 fully saturated rings. The van der Waals surface area contributed by atoms with Gasteiger partial charge in [-0.15, -0.1) is 0 Å². The van der Waals surface area contributed by atoms with E-state index < -0.39 is 0 Å². The van der Waals surface area contributed by atoms with Crippen molar-refractivity contribution in [1.29, 1.82) is 0 Å². The predicted molar refractivity (Wildman–Crippen MR) is 123 cm³/mol. The molecule has 0 aromatic heterocycles. The van der Waals surface area contributed by atoms with Crippen LogP contribution in [0.3, 0.4) is 0 Å². The Balaban J connectivity index is 1.26. The maximum Gasteiger partial charge on any atom is 0.338 e. The number of hydrogen-bond donors (Lipinski definition) is 0. The Labute approximate surface area is 199 Å². The maximum atomic E-state index is 13.4. The second kappa shape index (κ2) is 8.82. The quantitative estimate of drug-likeness (QED) is 0.594. The summed E-state index contributed by atoms with van der Waals surface area (Å²) in [5, 5.41) is 0. The number of rotatable bonds is 6. The fourth-order valence-corrected chi connectivity index (χ4v) is 5.85. The van der Waals surface area contributed by atoms with E-state index in [-0.39, 0.29) is 36.0 Å². The molecular weight excluding hydrogens is 436 g/mol. The molecule has 0 bridgehead atoms. The van der Waals surface area contributed by atoms with E-state index in [0.717, 1.165) is 61.3 Å².